The lowest BCUT2D eigenvalue weighted by molar-refractivity contribution is 0.101. The molecule has 0 saturated heterocycles. The third-order valence-electron chi connectivity index (χ3n) is 3.46. The van der Waals surface area contributed by atoms with Crippen molar-refractivity contribution in [3.05, 3.63) is 29.8 Å². The largest absolute Gasteiger partial charge is 0.295 e. The quantitative estimate of drug-likeness (QED) is 0.814. The highest BCUT2D eigenvalue weighted by atomic mass is 32.2. The minimum atomic E-state index is -3.45. The fourth-order valence-corrected chi connectivity index (χ4v) is 3.54. The van der Waals surface area contributed by atoms with Crippen LogP contribution >= 0.6 is 0 Å². The monoisotopic (exact) mass is 281 g/mol. The van der Waals surface area contributed by atoms with Crippen molar-refractivity contribution in [1.82, 2.24) is 4.72 Å². The molecule has 1 saturated carbocycles. The van der Waals surface area contributed by atoms with Gasteiger partial charge in [0, 0.05) is 11.6 Å². The molecular formula is C14H19NO3S. The second-order valence-corrected chi connectivity index (χ2v) is 6.81. The van der Waals surface area contributed by atoms with Crippen molar-refractivity contribution < 1.29 is 13.2 Å². The zero-order chi connectivity index (χ0) is 14.0. The summed E-state index contributed by atoms with van der Waals surface area (Å²) in [6.07, 6.45) is 3.07. The molecule has 0 radical (unpaired) electrons. The van der Waals surface area contributed by atoms with E-state index in [1.807, 2.05) is 0 Å². The minimum Gasteiger partial charge on any atom is -0.295 e. The van der Waals surface area contributed by atoms with Gasteiger partial charge in [-0.2, -0.15) is 0 Å². The van der Waals surface area contributed by atoms with Crippen molar-refractivity contribution in [2.24, 2.45) is 5.92 Å². The molecule has 5 heteroatoms. The molecule has 0 aromatic heterocycles. The third kappa shape index (κ3) is 3.42. The predicted octanol–water partition coefficient (Wildman–Crippen LogP) is 2.36. The number of carbonyl (C=O) groups is 1. The van der Waals surface area contributed by atoms with Gasteiger partial charge >= 0.3 is 0 Å². The molecule has 1 aromatic carbocycles. The van der Waals surface area contributed by atoms with E-state index in [-0.39, 0.29) is 16.7 Å². The van der Waals surface area contributed by atoms with Crippen LogP contribution < -0.4 is 4.72 Å². The number of sulfonamides is 1. The molecule has 1 aromatic rings. The predicted molar refractivity (Wildman–Crippen MR) is 73.6 cm³/mol. The summed E-state index contributed by atoms with van der Waals surface area (Å²) in [6, 6.07) is 6.14. The Morgan fingerprint density at radius 1 is 1.32 bits per heavy atom. The summed E-state index contributed by atoms with van der Waals surface area (Å²) in [5.41, 5.74) is 0.522. The molecule has 1 N–H and O–H groups in total. The van der Waals surface area contributed by atoms with Crippen LogP contribution in [0.25, 0.3) is 0 Å². The molecule has 104 valence electrons. The van der Waals surface area contributed by atoms with E-state index < -0.39 is 10.0 Å². The van der Waals surface area contributed by atoms with E-state index in [1.54, 1.807) is 12.1 Å². The normalized spacial score (nSPS) is 22.2. The third-order valence-corrected chi connectivity index (χ3v) is 4.97. The van der Waals surface area contributed by atoms with Crippen LogP contribution in [-0.2, 0) is 10.0 Å². The van der Waals surface area contributed by atoms with Gasteiger partial charge in [0.1, 0.15) is 0 Å². The van der Waals surface area contributed by atoms with Crippen LogP contribution in [-0.4, -0.2) is 20.2 Å². The van der Waals surface area contributed by atoms with Crippen molar-refractivity contribution in [1.29, 1.82) is 0 Å². The van der Waals surface area contributed by atoms with E-state index >= 15 is 0 Å². The maximum atomic E-state index is 12.1. The van der Waals surface area contributed by atoms with Crippen molar-refractivity contribution in [3.63, 3.8) is 0 Å². The SMILES string of the molecule is CCCC1CC1NS(=O)(=O)c1ccc(C(C)=O)cc1. The second kappa shape index (κ2) is 5.43. The highest BCUT2D eigenvalue weighted by molar-refractivity contribution is 7.89. The molecule has 2 unspecified atom stereocenters. The van der Waals surface area contributed by atoms with E-state index in [1.165, 1.54) is 19.1 Å². The molecular weight excluding hydrogens is 262 g/mol. The van der Waals surface area contributed by atoms with Gasteiger partial charge in [0.2, 0.25) is 10.0 Å². The molecule has 0 amide bonds. The smallest absolute Gasteiger partial charge is 0.240 e. The summed E-state index contributed by atoms with van der Waals surface area (Å²) in [5, 5.41) is 0. The number of nitrogens with one attached hydrogen (secondary N) is 1. The van der Waals surface area contributed by atoms with Crippen molar-refractivity contribution >= 4 is 15.8 Å². The lowest BCUT2D eigenvalue weighted by Crippen LogP contribution is -2.27. The summed E-state index contributed by atoms with van der Waals surface area (Å²) in [6.45, 7) is 3.56. The van der Waals surface area contributed by atoms with Gasteiger partial charge in [-0.15, -0.1) is 0 Å². The molecule has 0 bridgehead atoms. The van der Waals surface area contributed by atoms with Crippen LogP contribution in [0.15, 0.2) is 29.2 Å². The number of rotatable bonds is 6. The molecule has 1 aliphatic carbocycles. The Bertz CT molecular complexity index is 563. The summed E-state index contributed by atoms with van der Waals surface area (Å²) < 4.78 is 27.0. The molecule has 4 nitrogen and oxygen atoms in total. The van der Waals surface area contributed by atoms with Crippen LogP contribution in [0.5, 0.6) is 0 Å². The van der Waals surface area contributed by atoms with Crippen LogP contribution in [0.1, 0.15) is 43.5 Å². The number of carbonyl (C=O) groups excluding carboxylic acids is 1. The van der Waals surface area contributed by atoms with Crippen molar-refractivity contribution in [2.75, 3.05) is 0 Å². The summed E-state index contributed by atoms with van der Waals surface area (Å²) >= 11 is 0. The van der Waals surface area contributed by atoms with E-state index in [0.717, 1.165) is 19.3 Å². The standard InChI is InChI=1S/C14H19NO3S/c1-3-4-12-9-14(12)15-19(17,18)13-7-5-11(6-8-13)10(2)16/h5-8,12,14-15H,3-4,9H2,1-2H3. The van der Waals surface area contributed by atoms with Gasteiger partial charge in [0.25, 0.3) is 0 Å². The van der Waals surface area contributed by atoms with Gasteiger partial charge in [0.15, 0.2) is 5.78 Å². The van der Waals surface area contributed by atoms with Gasteiger partial charge in [-0.1, -0.05) is 25.5 Å². The Morgan fingerprint density at radius 2 is 1.95 bits per heavy atom. The van der Waals surface area contributed by atoms with E-state index in [0.29, 0.717) is 11.5 Å². The lowest BCUT2D eigenvalue weighted by Gasteiger charge is -2.06. The molecule has 1 fully saturated rings. The second-order valence-electron chi connectivity index (χ2n) is 5.09. The van der Waals surface area contributed by atoms with Gasteiger partial charge in [-0.25, -0.2) is 13.1 Å². The Hall–Kier alpha value is -1.20. The van der Waals surface area contributed by atoms with E-state index in [4.69, 9.17) is 0 Å². The summed E-state index contributed by atoms with van der Waals surface area (Å²) in [7, 11) is -3.45. The fourth-order valence-electron chi connectivity index (χ4n) is 2.22. The first-order valence-electron chi connectivity index (χ1n) is 6.57. The molecule has 0 aliphatic heterocycles. The first kappa shape index (κ1) is 14.2. The number of benzene rings is 1. The van der Waals surface area contributed by atoms with Gasteiger partial charge in [0.05, 0.1) is 4.90 Å². The van der Waals surface area contributed by atoms with Gasteiger partial charge in [-0.3, -0.25) is 4.79 Å². The number of Topliss-reactive ketones (excluding diaryl/α,β-unsaturated/α-hetero) is 1. The number of hydrogen-bond acceptors (Lipinski definition) is 3. The van der Waals surface area contributed by atoms with Crippen molar-refractivity contribution in [3.8, 4) is 0 Å². The Balaban J connectivity index is 2.06. The maximum absolute atomic E-state index is 12.1. The van der Waals surface area contributed by atoms with E-state index in [2.05, 4.69) is 11.6 Å². The number of hydrogen-bond donors (Lipinski definition) is 1. The van der Waals surface area contributed by atoms with Crippen LogP contribution in [0.4, 0.5) is 0 Å². The minimum absolute atomic E-state index is 0.0675. The molecule has 2 rings (SSSR count). The molecule has 0 heterocycles. The van der Waals surface area contributed by atoms with Crippen LogP contribution in [0.2, 0.25) is 0 Å². The zero-order valence-electron chi connectivity index (χ0n) is 11.2. The highest BCUT2D eigenvalue weighted by Crippen LogP contribution is 2.35. The Morgan fingerprint density at radius 3 is 2.47 bits per heavy atom. The van der Waals surface area contributed by atoms with Crippen LogP contribution in [0.3, 0.4) is 0 Å². The first-order chi connectivity index (χ1) is 8.94. The van der Waals surface area contributed by atoms with E-state index in [9.17, 15) is 13.2 Å². The first-order valence-corrected chi connectivity index (χ1v) is 8.05. The highest BCUT2D eigenvalue weighted by Gasteiger charge is 2.39. The Kier molecular flexibility index (Phi) is 4.06. The lowest BCUT2D eigenvalue weighted by atomic mass is 10.2. The fraction of sp³-hybridized carbons (Fsp3) is 0.500. The molecule has 1 aliphatic rings. The Labute approximate surface area is 114 Å². The molecule has 2 atom stereocenters. The van der Waals surface area contributed by atoms with Gasteiger partial charge < -0.3 is 0 Å². The van der Waals surface area contributed by atoms with Crippen LogP contribution in [0, 0.1) is 5.92 Å². The number of ketones is 1. The average molecular weight is 281 g/mol. The topological polar surface area (TPSA) is 63.2 Å². The summed E-state index contributed by atoms with van der Waals surface area (Å²) in [4.78, 5) is 11.4. The van der Waals surface area contributed by atoms with Crippen molar-refractivity contribution in [2.45, 2.75) is 44.0 Å². The van der Waals surface area contributed by atoms with Gasteiger partial charge in [-0.05, 0) is 37.8 Å². The maximum Gasteiger partial charge on any atom is 0.240 e. The average Bonchev–Trinajstić information content (AvgIpc) is 3.07. The zero-order valence-corrected chi connectivity index (χ0v) is 12.0. The summed E-state index contributed by atoms with van der Waals surface area (Å²) in [5.74, 6) is 0.415. The molecule has 0 spiro atoms. The molecule has 19 heavy (non-hydrogen) atoms.